The third kappa shape index (κ3) is 3.25. The Labute approximate surface area is 122 Å². The Kier molecular flexibility index (Phi) is 4.89. The molecule has 2 unspecified atom stereocenters. The Morgan fingerprint density at radius 1 is 1.45 bits per heavy atom. The molecule has 1 heterocycles. The standard InChI is InChI=1S/C16H27N3O/c1-12(17-2)15-8-7-13(10-16(15)20)19-9-5-6-14(19)11-18(3)4/h7-8,10,12,14,17,20H,5-6,9,11H2,1-4H3. The van der Waals surface area contributed by atoms with E-state index in [4.69, 9.17) is 0 Å². The summed E-state index contributed by atoms with van der Waals surface area (Å²) in [6, 6.07) is 6.81. The number of benzene rings is 1. The van der Waals surface area contributed by atoms with Crippen molar-refractivity contribution in [3.05, 3.63) is 23.8 Å². The first-order chi connectivity index (χ1) is 9.52. The molecular weight excluding hydrogens is 250 g/mol. The first-order valence-corrected chi connectivity index (χ1v) is 7.44. The van der Waals surface area contributed by atoms with Crippen molar-refractivity contribution < 1.29 is 5.11 Å². The molecule has 20 heavy (non-hydrogen) atoms. The van der Waals surface area contributed by atoms with Crippen LogP contribution in [0.5, 0.6) is 5.75 Å². The Morgan fingerprint density at radius 2 is 2.20 bits per heavy atom. The number of rotatable bonds is 5. The number of nitrogens with zero attached hydrogens (tertiary/aromatic N) is 2. The molecule has 2 atom stereocenters. The van der Waals surface area contributed by atoms with E-state index in [1.165, 1.54) is 12.8 Å². The molecule has 0 bridgehead atoms. The Bertz CT molecular complexity index is 447. The molecule has 0 amide bonds. The summed E-state index contributed by atoms with van der Waals surface area (Å²) in [4.78, 5) is 4.66. The fourth-order valence-electron chi connectivity index (χ4n) is 3.02. The summed E-state index contributed by atoms with van der Waals surface area (Å²) in [5.74, 6) is 0.389. The van der Waals surface area contributed by atoms with Gasteiger partial charge < -0.3 is 20.2 Å². The minimum absolute atomic E-state index is 0.167. The molecular formula is C16H27N3O. The molecule has 1 aromatic carbocycles. The molecule has 2 N–H and O–H groups in total. The summed E-state index contributed by atoms with van der Waals surface area (Å²) < 4.78 is 0. The third-order valence-corrected chi connectivity index (χ3v) is 4.20. The largest absolute Gasteiger partial charge is 0.508 e. The lowest BCUT2D eigenvalue weighted by Crippen LogP contribution is -2.37. The van der Waals surface area contributed by atoms with Crippen LogP contribution in [0.15, 0.2) is 18.2 Å². The van der Waals surface area contributed by atoms with Gasteiger partial charge in [-0.05, 0) is 47.0 Å². The number of phenols is 1. The predicted octanol–water partition coefficient (Wildman–Crippen LogP) is 2.20. The van der Waals surface area contributed by atoms with Gasteiger partial charge in [0.05, 0.1) is 0 Å². The van der Waals surface area contributed by atoms with Crippen molar-refractivity contribution >= 4 is 5.69 Å². The van der Waals surface area contributed by atoms with Gasteiger partial charge in [-0.1, -0.05) is 6.07 Å². The molecule has 0 saturated carbocycles. The van der Waals surface area contributed by atoms with E-state index in [-0.39, 0.29) is 6.04 Å². The topological polar surface area (TPSA) is 38.7 Å². The molecule has 0 aromatic heterocycles. The van der Waals surface area contributed by atoms with Gasteiger partial charge in [0.15, 0.2) is 0 Å². The van der Waals surface area contributed by atoms with Gasteiger partial charge in [-0.3, -0.25) is 0 Å². The van der Waals surface area contributed by atoms with E-state index in [1.807, 2.05) is 19.2 Å². The highest BCUT2D eigenvalue weighted by molar-refractivity contribution is 5.55. The molecule has 0 spiro atoms. The van der Waals surface area contributed by atoms with E-state index in [2.05, 4.69) is 42.2 Å². The molecule has 1 saturated heterocycles. The van der Waals surface area contributed by atoms with Crippen LogP contribution in [-0.2, 0) is 0 Å². The number of hydrogen-bond donors (Lipinski definition) is 2. The van der Waals surface area contributed by atoms with E-state index in [0.717, 1.165) is 24.3 Å². The van der Waals surface area contributed by atoms with E-state index >= 15 is 0 Å². The Morgan fingerprint density at radius 3 is 2.80 bits per heavy atom. The van der Waals surface area contributed by atoms with Crippen molar-refractivity contribution in [2.24, 2.45) is 0 Å². The van der Waals surface area contributed by atoms with Crippen molar-refractivity contribution in [2.75, 3.05) is 39.1 Å². The third-order valence-electron chi connectivity index (χ3n) is 4.20. The highest BCUT2D eigenvalue weighted by atomic mass is 16.3. The highest BCUT2D eigenvalue weighted by Gasteiger charge is 2.25. The minimum Gasteiger partial charge on any atom is -0.508 e. The zero-order valence-corrected chi connectivity index (χ0v) is 13.1. The van der Waals surface area contributed by atoms with Crippen LogP contribution < -0.4 is 10.2 Å². The smallest absolute Gasteiger partial charge is 0.122 e. The van der Waals surface area contributed by atoms with Crippen LogP contribution in [0.4, 0.5) is 5.69 Å². The number of hydrogen-bond acceptors (Lipinski definition) is 4. The van der Waals surface area contributed by atoms with Crippen molar-refractivity contribution in [3.63, 3.8) is 0 Å². The second kappa shape index (κ2) is 6.46. The molecule has 0 radical (unpaired) electrons. The molecule has 4 heteroatoms. The minimum atomic E-state index is 0.167. The maximum Gasteiger partial charge on any atom is 0.122 e. The van der Waals surface area contributed by atoms with Crippen molar-refractivity contribution in [1.29, 1.82) is 0 Å². The van der Waals surface area contributed by atoms with Crippen molar-refractivity contribution in [1.82, 2.24) is 10.2 Å². The van der Waals surface area contributed by atoms with Crippen molar-refractivity contribution in [2.45, 2.75) is 31.8 Å². The predicted molar refractivity (Wildman–Crippen MR) is 84.5 cm³/mol. The summed E-state index contributed by atoms with van der Waals surface area (Å²) in [7, 11) is 6.14. The van der Waals surface area contributed by atoms with Crippen LogP contribution >= 0.6 is 0 Å². The van der Waals surface area contributed by atoms with Crippen LogP contribution in [0.1, 0.15) is 31.4 Å². The summed E-state index contributed by atoms with van der Waals surface area (Å²) in [6.45, 7) is 4.20. The molecule has 1 fully saturated rings. The summed E-state index contributed by atoms with van der Waals surface area (Å²) in [5.41, 5.74) is 2.10. The average molecular weight is 277 g/mol. The van der Waals surface area contributed by atoms with Gasteiger partial charge in [-0.15, -0.1) is 0 Å². The molecule has 1 aromatic rings. The molecule has 2 rings (SSSR count). The average Bonchev–Trinajstić information content (AvgIpc) is 2.85. The van der Waals surface area contributed by atoms with Gasteiger partial charge in [0.1, 0.15) is 5.75 Å². The Hall–Kier alpha value is -1.26. The van der Waals surface area contributed by atoms with E-state index in [1.54, 1.807) is 0 Å². The SMILES string of the molecule is CNC(C)c1ccc(N2CCCC2CN(C)C)cc1O. The van der Waals surface area contributed by atoms with Gasteiger partial charge >= 0.3 is 0 Å². The fourth-order valence-corrected chi connectivity index (χ4v) is 3.02. The van der Waals surface area contributed by atoms with Crippen LogP contribution in [0.25, 0.3) is 0 Å². The molecule has 1 aliphatic rings. The lowest BCUT2D eigenvalue weighted by Gasteiger charge is -2.29. The van der Waals surface area contributed by atoms with E-state index in [9.17, 15) is 5.11 Å². The Balaban J connectivity index is 2.18. The van der Waals surface area contributed by atoms with Gasteiger partial charge in [0, 0.05) is 42.5 Å². The zero-order chi connectivity index (χ0) is 14.7. The lowest BCUT2D eigenvalue weighted by molar-refractivity contribution is 0.372. The second-order valence-electron chi connectivity index (χ2n) is 6.01. The summed E-state index contributed by atoms with van der Waals surface area (Å²) >= 11 is 0. The molecule has 0 aliphatic carbocycles. The summed E-state index contributed by atoms with van der Waals surface area (Å²) in [6.07, 6.45) is 2.46. The number of likely N-dealkylation sites (N-methyl/N-ethyl adjacent to an activating group) is 1. The van der Waals surface area contributed by atoms with Crippen LogP contribution in [-0.4, -0.2) is 50.3 Å². The number of aromatic hydroxyl groups is 1. The second-order valence-corrected chi connectivity index (χ2v) is 6.01. The number of anilines is 1. The number of phenolic OH excluding ortho intramolecular Hbond substituents is 1. The normalized spacial score (nSPS) is 20.6. The van der Waals surface area contributed by atoms with Crippen LogP contribution in [0, 0.1) is 0 Å². The number of nitrogens with one attached hydrogen (secondary N) is 1. The van der Waals surface area contributed by atoms with Crippen molar-refractivity contribution in [3.8, 4) is 5.75 Å². The fraction of sp³-hybridized carbons (Fsp3) is 0.625. The van der Waals surface area contributed by atoms with Crippen LogP contribution in [0.2, 0.25) is 0 Å². The summed E-state index contributed by atoms with van der Waals surface area (Å²) in [5, 5.41) is 13.4. The maximum atomic E-state index is 10.2. The zero-order valence-electron chi connectivity index (χ0n) is 13.1. The quantitative estimate of drug-likeness (QED) is 0.865. The van der Waals surface area contributed by atoms with E-state index < -0.39 is 0 Å². The van der Waals surface area contributed by atoms with Gasteiger partial charge in [0.2, 0.25) is 0 Å². The molecule has 4 nitrogen and oxygen atoms in total. The van der Waals surface area contributed by atoms with Gasteiger partial charge in [-0.2, -0.15) is 0 Å². The van der Waals surface area contributed by atoms with E-state index in [0.29, 0.717) is 11.8 Å². The first-order valence-electron chi connectivity index (χ1n) is 7.44. The van der Waals surface area contributed by atoms with Crippen LogP contribution in [0.3, 0.4) is 0 Å². The van der Waals surface area contributed by atoms with Gasteiger partial charge in [-0.25, -0.2) is 0 Å². The molecule has 112 valence electrons. The molecule has 1 aliphatic heterocycles. The lowest BCUT2D eigenvalue weighted by atomic mass is 10.1. The maximum absolute atomic E-state index is 10.2. The first kappa shape index (κ1) is 15.1. The van der Waals surface area contributed by atoms with Gasteiger partial charge in [0.25, 0.3) is 0 Å². The highest BCUT2D eigenvalue weighted by Crippen LogP contribution is 2.32. The monoisotopic (exact) mass is 277 g/mol.